The second-order valence-electron chi connectivity index (χ2n) is 4.73. The molecule has 84 valence electrons. The molecule has 3 rings (SSSR count). The molecule has 17 heavy (non-hydrogen) atoms. The van der Waals surface area contributed by atoms with Gasteiger partial charge in [0.25, 0.3) is 0 Å². The van der Waals surface area contributed by atoms with Gasteiger partial charge in [-0.2, -0.15) is 5.26 Å². The molecule has 0 aliphatic heterocycles. The summed E-state index contributed by atoms with van der Waals surface area (Å²) in [5.41, 5.74) is 0.594. The fourth-order valence-electron chi connectivity index (χ4n) is 2.57. The number of nitriles is 1. The minimum absolute atomic E-state index is 0.0976. The average Bonchev–Trinajstić information content (AvgIpc) is 3.13. The van der Waals surface area contributed by atoms with Crippen LogP contribution in [0.1, 0.15) is 12.0 Å². The molecule has 0 spiro atoms. The Morgan fingerprint density at radius 2 is 2.00 bits per heavy atom. The van der Waals surface area contributed by atoms with Crippen LogP contribution < -0.4 is 0 Å². The lowest BCUT2D eigenvalue weighted by Crippen LogP contribution is -2.08. The van der Waals surface area contributed by atoms with Crippen LogP contribution in [0.3, 0.4) is 0 Å². The van der Waals surface area contributed by atoms with E-state index in [9.17, 15) is 10.4 Å². The second kappa shape index (κ2) is 3.58. The van der Waals surface area contributed by atoms with E-state index in [0.717, 1.165) is 17.4 Å². The second-order valence-corrected chi connectivity index (χ2v) is 4.73. The summed E-state index contributed by atoms with van der Waals surface area (Å²) in [6, 6.07) is 16.7. The molecule has 2 aromatic rings. The van der Waals surface area contributed by atoms with Gasteiger partial charge in [0.15, 0.2) is 0 Å². The van der Waals surface area contributed by atoms with Gasteiger partial charge in [-0.25, -0.2) is 0 Å². The first-order valence-corrected chi connectivity index (χ1v) is 5.81. The van der Waals surface area contributed by atoms with Gasteiger partial charge in [-0.05, 0) is 28.8 Å². The fourth-order valence-corrected chi connectivity index (χ4v) is 2.57. The molecule has 0 amide bonds. The average molecular weight is 223 g/mol. The van der Waals surface area contributed by atoms with Crippen molar-refractivity contribution in [1.82, 2.24) is 0 Å². The van der Waals surface area contributed by atoms with E-state index in [-0.39, 0.29) is 12.5 Å². The molecule has 2 atom stereocenters. The largest absolute Gasteiger partial charge is 0.396 e. The van der Waals surface area contributed by atoms with Gasteiger partial charge in [0, 0.05) is 12.5 Å². The quantitative estimate of drug-likeness (QED) is 0.850. The van der Waals surface area contributed by atoms with Crippen molar-refractivity contribution in [2.45, 2.75) is 11.8 Å². The highest BCUT2D eigenvalue weighted by Gasteiger charge is 2.55. The predicted molar refractivity (Wildman–Crippen MR) is 66.4 cm³/mol. The Balaban J connectivity index is 2.11. The van der Waals surface area contributed by atoms with Crippen LogP contribution in [0.15, 0.2) is 42.5 Å². The van der Waals surface area contributed by atoms with Crippen LogP contribution in [0.5, 0.6) is 0 Å². The summed E-state index contributed by atoms with van der Waals surface area (Å²) in [6.45, 7) is 0.0976. The summed E-state index contributed by atoms with van der Waals surface area (Å²) >= 11 is 0. The molecule has 0 aromatic heterocycles. The molecule has 0 saturated heterocycles. The van der Waals surface area contributed by atoms with Crippen molar-refractivity contribution < 1.29 is 5.11 Å². The molecule has 0 radical (unpaired) electrons. The van der Waals surface area contributed by atoms with E-state index in [4.69, 9.17) is 0 Å². The predicted octanol–water partition coefficient (Wildman–Crippen LogP) is 2.61. The summed E-state index contributed by atoms with van der Waals surface area (Å²) in [5, 5.41) is 20.9. The van der Waals surface area contributed by atoms with E-state index in [1.165, 1.54) is 5.39 Å². The summed E-state index contributed by atoms with van der Waals surface area (Å²) in [5.74, 6) is 0.105. The topological polar surface area (TPSA) is 44.0 Å². The van der Waals surface area contributed by atoms with E-state index < -0.39 is 5.41 Å². The Morgan fingerprint density at radius 3 is 2.65 bits per heavy atom. The fraction of sp³-hybridized carbons (Fsp3) is 0.267. The number of aliphatic hydroxyl groups is 1. The Bertz CT molecular complexity index is 614. The molecular formula is C15H13NO. The minimum atomic E-state index is -0.446. The maximum absolute atomic E-state index is 9.32. The SMILES string of the molecule is N#C[C@]1(c2ccc3ccccc3c2)C[C@@H]1CO. The van der Waals surface area contributed by atoms with Crippen LogP contribution in [0, 0.1) is 17.2 Å². The van der Waals surface area contributed by atoms with E-state index in [1.54, 1.807) is 0 Å². The lowest BCUT2D eigenvalue weighted by atomic mass is 9.93. The first kappa shape index (κ1) is 10.3. The Kier molecular flexibility index (Phi) is 2.17. The lowest BCUT2D eigenvalue weighted by Gasteiger charge is -2.09. The highest BCUT2D eigenvalue weighted by Crippen LogP contribution is 2.53. The minimum Gasteiger partial charge on any atom is -0.396 e. The molecule has 0 heterocycles. The Morgan fingerprint density at radius 1 is 1.24 bits per heavy atom. The van der Waals surface area contributed by atoms with Gasteiger partial charge >= 0.3 is 0 Å². The normalized spacial score (nSPS) is 26.7. The summed E-state index contributed by atoms with van der Waals surface area (Å²) < 4.78 is 0. The molecule has 1 aliphatic rings. The molecule has 1 N–H and O–H groups in total. The summed E-state index contributed by atoms with van der Waals surface area (Å²) in [7, 11) is 0. The lowest BCUT2D eigenvalue weighted by molar-refractivity contribution is 0.269. The number of fused-ring (bicyclic) bond motifs is 1. The smallest absolute Gasteiger partial charge is 0.0877 e. The van der Waals surface area contributed by atoms with E-state index in [0.29, 0.717) is 0 Å². The highest BCUT2D eigenvalue weighted by atomic mass is 16.3. The molecule has 2 nitrogen and oxygen atoms in total. The van der Waals surface area contributed by atoms with E-state index in [1.807, 2.05) is 18.2 Å². The number of nitrogens with zero attached hydrogens (tertiary/aromatic N) is 1. The number of benzene rings is 2. The monoisotopic (exact) mass is 223 g/mol. The maximum Gasteiger partial charge on any atom is 0.0877 e. The Hall–Kier alpha value is -1.85. The third-order valence-electron chi connectivity index (χ3n) is 3.79. The zero-order valence-corrected chi connectivity index (χ0v) is 9.43. The Labute approximate surface area is 100 Å². The molecule has 1 saturated carbocycles. The van der Waals surface area contributed by atoms with Crippen molar-refractivity contribution in [3.63, 3.8) is 0 Å². The van der Waals surface area contributed by atoms with Crippen molar-refractivity contribution in [2.24, 2.45) is 5.92 Å². The molecule has 2 heteroatoms. The molecule has 1 fully saturated rings. The van der Waals surface area contributed by atoms with Gasteiger partial charge in [-0.1, -0.05) is 36.4 Å². The molecule has 0 bridgehead atoms. The van der Waals surface area contributed by atoms with Gasteiger partial charge in [0.05, 0.1) is 11.5 Å². The summed E-state index contributed by atoms with van der Waals surface area (Å²) in [6.07, 6.45) is 0.776. The van der Waals surface area contributed by atoms with Gasteiger partial charge in [0.1, 0.15) is 0 Å². The molecular weight excluding hydrogens is 210 g/mol. The highest BCUT2D eigenvalue weighted by molar-refractivity contribution is 5.83. The zero-order valence-electron chi connectivity index (χ0n) is 9.43. The molecule has 0 unspecified atom stereocenters. The van der Waals surface area contributed by atoms with Gasteiger partial charge in [-0.15, -0.1) is 0 Å². The van der Waals surface area contributed by atoms with Crippen LogP contribution in [0.2, 0.25) is 0 Å². The standard InChI is InChI=1S/C15H13NO/c16-10-15(8-14(15)9-17)13-6-5-11-3-1-2-4-12(11)7-13/h1-7,14,17H,8-9H2/t14-,15+/m1/s1. The van der Waals surface area contributed by atoms with Crippen LogP contribution in [-0.4, -0.2) is 11.7 Å². The van der Waals surface area contributed by atoms with Crippen molar-refractivity contribution in [3.05, 3.63) is 48.0 Å². The third-order valence-corrected chi connectivity index (χ3v) is 3.79. The third kappa shape index (κ3) is 1.44. The van der Waals surface area contributed by atoms with Crippen LogP contribution in [0.4, 0.5) is 0 Å². The number of hydrogen-bond donors (Lipinski definition) is 1. The summed E-state index contributed by atoms with van der Waals surface area (Å²) in [4.78, 5) is 0. The first-order valence-electron chi connectivity index (χ1n) is 5.81. The van der Waals surface area contributed by atoms with E-state index in [2.05, 4.69) is 30.3 Å². The van der Waals surface area contributed by atoms with Crippen LogP contribution in [0.25, 0.3) is 10.8 Å². The van der Waals surface area contributed by atoms with Crippen molar-refractivity contribution in [2.75, 3.05) is 6.61 Å². The number of rotatable bonds is 2. The van der Waals surface area contributed by atoms with Crippen molar-refractivity contribution in [3.8, 4) is 6.07 Å². The maximum atomic E-state index is 9.32. The van der Waals surface area contributed by atoms with Gasteiger partial charge in [-0.3, -0.25) is 0 Å². The van der Waals surface area contributed by atoms with Crippen molar-refractivity contribution in [1.29, 1.82) is 5.26 Å². The van der Waals surface area contributed by atoms with Gasteiger partial charge < -0.3 is 5.11 Å². The van der Waals surface area contributed by atoms with Gasteiger partial charge in [0.2, 0.25) is 0 Å². The molecule has 1 aliphatic carbocycles. The van der Waals surface area contributed by atoms with Crippen molar-refractivity contribution >= 4 is 10.8 Å². The van der Waals surface area contributed by atoms with E-state index >= 15 is 0 Å². The number of aliphatic hydroxyl groups excluding tert-OH is 1. The first-order chi connectivity index (χ1) is 8.30. The number of hydrogen-bond acceptors (Lipinski definition) is 2. The van der Waals surface area contributed by atoms with Crippen LogP contribution >= 0.6 is 0 Å². The van der Waals surface area contributed by atoms with Crippen LogP contribution in [-0.2, 0) is 5.41 Å². The zero-order chi connectivity index (χ0) is 11.9. The molecule has 2 aromatic carbocycles.